The van der Waals surface area contributed by atoms with E-state index >= 15 is 0 Å². The quantitative estimate of drug-likeness (QED) is 0.764. The monoisotopic (exact) mass is 327 g/mol. The largest absolute Gasteiger partial charge is 0.319 e. The molecule has 0 fully saturated rings. The number of alkyl halides is 4. The van der Waals surface area contributed by atoms with Gasteiger partial charge in [0.05, 0.1) is 6.54 Å². The van der Waals surface area contributed by atoms with E-state index in [0.717, 1.165) is 10.0 Å². The highest BCUT2D eigenvalue weighted by molar-refractivity contribution is 9.10. The minimum absolute atomic E-state index is 0.368. The van der Waals surface area contributed by atoms with Gasteiger partial charge in [-0.1, -0.05) is 35.0 Å². The van der Waals surface area contributed by atoms with Gasteiger partial charge >= 0.3 is 12.3 Å². The molecule has 1 nitrogen and oxygen atoms in total. The molecular weight excluding hydrogens is 314 g/mol. The smallest absolute Gasteiger partial charge is 0.304 e. The molecular formula is C12H14BrF4N. The summed E-state index contributed by atoms with van der Waals surface area (Å²) in [6, 6.07) is 6.76. The molecule has 0 aliphatic heterocycles. The van der Waals surface area contributed by atoms with Crippen molar-refractivity contribution < 1.29 is 17.6 Å². The van der Waals surface area contributed by atoms with Crippen molar-refractivity contribution in [1.29, 1.82) is 0 Å². The number of hydrogen-bond donors (Lipinski definition) is 1. The van der Waals surface area contributed by atoms with Gasteiger partial charge in [-0.3, -0.25) is 0 Å². The van der Waals surface area contributed by atoms with Crippen molar-refractivity contribution in [3.63, 3.8) is 0 Å². The van der Waals surface area contributed by atoms with E-state index in [2.05, 4.69) is 21.2 Å². The molecule has 0 amide bonds. The third kappa shape index (κ3) is 4.24. The summed E-state index contributed by atoms with van der Waals surface area (Å²) in [5.41, 5.74) is 0.789. The molecule has 0 bridgehead atoms. The van der Waals surface area contributed by atoms with E-state index in [-0.39, 0.29) is 6.04 Å². The van der Waals surface area contributed by atoms with Crippen LogP contribution in [0.2, 0.25) is 0 Å². The SMILES string of the molecule is CCC(NCC(F)(F)C(F)F)c1cccc(Br)c1. The first-order chi connectivity index (χ1) is 8.36. The van der Waals surface area contributed by atoms with E-state index in [1.165, 1.54) is 0 Å². The van der Waals surface area contributed by atoms with Gasteiger partial charge < -0.3 is 5.32 Å². The van der Waals surface area contributed by atoms with Crippen LogP contribution in [0, 0.1) is 0 Å². The Morgan fingerprint density at radius 2 is 2.00 bits per heavy atom. The first-order valence-electron chi connectivity index (χ1n) is 5.51. The molecule has 1 N–H and O–H groups in total. The molecule has 0 saturated heterocycles. The lowest BCUT2D eigenvalue weighted by Gasteiger charge is -2.22. The van der Waals surface area contributed by atoms with Crippen LogP contribution in [0.15, 0.2) is 28.7 Å². The summed E-state index contributed by atoms with van der Waals surface area (Å²) in [5, 5.41) is 2.48. The Kier molecular flexibility index (Phi) is 5.59. The predicted molar refractivity (Wildman–Crippen MR) is 66.1 cm³/mol. The summed E-state index contributed by atoms with van der Waals surface area (Å²) >= 11 is 3.28. The van der Waals surface area contributed by atoms with Crippen molar-refractivity contribution in [1.82, 2.24) is 5.32 Å². The second kappa shape index (κ2) is 6.52. The first kappa shape index (κ1) is 15.4. The number of halogens is 5. The van der Waals surface area contributed by atoms with Gasteiger partial charge in [0, 0.05) is 10.5 Å². The maximum atomic E-state index is 12.8. The lowest BCUT2D eigenvalue weighted by atomic mass is 10.0. The van der Waals surface area contributed by atoms with Crippen LogP contribution in [0.3, 0.4) is 0 Å². The van der Waals surface area contributed by atoms with Gasteiger partial charge in [0.2, 0.25) is 0 Å². The molecule has 1 aromatic rings. The van der Waals surface area contributed by atoms with E-state index < -0.39 is 18.9 Å². The van der Waals surface area contributed by atoms with E-state index in [9.17, 15) is 17.6 Å². The molecule has 1 aromatic carbocycles. The first-order valence-corrected chi connectivity index (χ1v) is 6.31. The second-order valence-corrected chi connectivity index (χ2v) is 4.87. The summed E-state index contributed by atoms with van der Waals surface area (Å²) in [7, 11) is 0. The highest BCUT2D eigenvalue weighted by atomic mass is 79.9. The average Bonchev–Trinajstić information content (AvgIpc) is 2.29. The van der Waals surface area contributed by atoms with Gasteiger partial charge in [0.15, 0.2) is 0 Å². The molecule has 1 rings (SSSR count). The lowest BCUT2D eigenvalue weighted by molar-refractivity contribution is -0.126. The molecule has 6 heteroatoms. The maximum Gasteiger partial charge on any atom is 0.319 e. The zero-order valence-corrected chi connectivity index (χ0v) is 11.4. The van der Waals surface area contributed by atoms with Gasteiger partial charge in [-0.25, -0.2) is 8.78 Å². The van der Waals surface area contributed by atoms with Crippen molar-refractivity contribution in [3.8, 4) is 0 Å². The normalized spacial score (nSPS) is 13.9. The van der Waals surface area contributed by atoms with Crippen LogP contribution in [0.25, 0.3) is 0 Å². The fourth-order valence-electron chi connectivity index (χ4n) is 1.56. The van der Waals surface area contributed by atoms with Gasteiger partial charge in [0.1, 0.15) is 0 Å². The molecule has 0 aromatic heterocycles. The maximum absolute atomic E-state index is 12.8. The molecule has 0 spiro atoms. The predicted octanol–water partition coefficient (Wildman–Crippen LogP) is 4.39. The van der Waals surface area contributed by atoms with E-state index in [1.807, 2.05) is 6.07 Å². The van der Waals surface area contributed by atoms with Gasteiger partial charge in [-0.05, 0) is 24.1 Å². The Balaban J connectivity index is 2.69. The molecule has 18 heavy (non-hydrogen) atoms. The molecule has 0 heterocycles. The van der Waals surface area contributed by atoms with Gasteiger partial charge in [0.25, 0.3) is 0 Å². The number of nitrogens with one attached hydrogen (secondary N) is 1. The Morgan fingerprint density at radius 3 is 2.50 bits per heavy atom. The van der Waals surface area contributed by atoms with Gasteiger partial charge in [-0.2, -0.15) is 8.78 Å². The molecule has 1 unspecified atom stereocenters. The summed E-state index contributed by atoms with van der Waals surface area (Å²) in [5.74, 6) is -4.00. The summed E-state index contributed by atoms with van der Waals surface area (Å²) < 4.78 is 50.5. The van der Waals surface area contributed by atoms with E-state index in [0.29, 0.717) is 6.42 Å². The third-order valence-electron chi connectivity index (χ3n) is 2.56. The minimum atomic E-state index is -4.00. The molecule has 0 radical (unpaired) electrons. The third-order valence-corrected chi connectivity index (χ3v) is 3.06. The fraction of sp³-hybridized carbons (Fsp3) is 0.500. The average molecular weight is 328 g/mol. The zero-order valence-electron chi connectivity index (χ0n) is 9.77. The van der Waals surface area contributed by atoms with E-state index in [1.54, 1.807) is 25.1 Å². The molecule has 1 atom stereocenters. The number of rotatable bonds is 6. The van der Waals surface area contributed by atoms with Gasteiger partial charge in [-0.15, -0.1) is 0 Å². The molecule has 0 saturated carbocycles. The summed E-state index contributed by atoms with van der Waals surface area (Å²) in [6.45, 7) is 0.773. The van der Waals surface area contributed by atoms with E-state index in [4.69, 9.17) is 0 Å². The van der Waals surface area contributed by atoms with Crippen molar-refractivity contribution in [2.24, 2.45) is 0 Å². The van der Waals surface area contributed by atoms with Crippen LogP contribution in [0.4, 0.5) is 17.6 Å². The van der Waals surface area contributed by atoms with Crippen LogP contribution in [-0.4, -0.2) is 18.9 Å². The van der Waals surface area contributed by atoms with Crippen LogP contribution in [-0.2, 0) is 0 Å². The lowest BCUT2D eigenvalue weighted by Crippen LogP contribution is -2.40. The van der Waals surface area contributed by atoms with Crippen molar-refractivity contribution in [2.45, 2.75) is 31.7 Å². The Hall–Kier alpha value is -0.620. The Bertz CT molecular complexity index is 384. The second-order valence-electron chi connectivity index (χ2n) is 3.96. The fourth-order valence-corrected chi connectivity index (χ4v) is 1.97. The van der Waals surface area contributed by atoms with Crippen molar-refractivity contribution >= 4 is 15.9 Å². The number of benzene rings is 1. The Labute approximate surface area is 112 Å². The minimum Gasteiger partial charge on any atom is -0.304 e. The summed E-state index contributed by atoms with van der Waals surface area (Å²) in [4.78, 5) is 0. The highest BCUT2D eigenvalue weighted by Crippen LogP contribution is 2.25. The highest BCUT2D eigenvalue weighted by Gasteiger charge is 2.40. The topological polar surface area (TPSA) is 12.0 Å². The van der Waals surface area contributed by atoms with Crippen molar-refractivity contribution in [3.05, 3.63) is 34.3 Å². The standard InChI is InChI=1S/C12H14BrF4N/c1-2-10(8-4-3-5-9(13)6-8)18-7-12(16,17)11(14)15/h3-6,10-11,18H,2,7H2,1H3. The van der Waals surface area contributed by atoms with Crippen molar-refractivity contribution in [2.75, 3.05) is 6.54 Å². The summed E-state index contributed by atoms with van der Waals surface area (Å²) in [6.07, 6.45) is -3.11. The molecule has 0 aliphatic rings. The molecule has 102 valence electrons. The molecule has 0 aliphatic carbocycles. The van der Waals surface area contributed by atoms with Crippen LogP contribution < -0.4 is 5.32 Å². The van der Waals surface area contributed by atoms with Crippen LogP contribution in [0.5, 0.6) is 0 Å². The Morgan fingerprint density at radius 1 is 1.33 bits per heavy atom. The van der Waals surface area contributed by atoms with Crippen LogP contribution in [0.1, 0.15) is 24.9 Å². The number of hydrogen-bond acceptors (Lipinski definition) is 1. The zero-order chi connectivity index (χ0) is 13.8. The van der Waals surface area contributed by atoms with Crippen LogP contribution >= 0.6 is 15.9 Å².